The number of nitrogens with zero attached hydrogens (tertiary/aromatic N) is 2. The molecule has 1 saturated heterocycles. The third-order valence-electron chi connectivity index (χ3n) is 5.47. The fourth-order valence-electron chi connectivity index (χ4n) is 3.97. The molecule has 1 amide bonds. The topological polar surface area (TPSA) is 53.0 Å². The minimum absolute atomic E-state index is 0.00376. The monoisotopic (exact) mass is 350 g/mol. The Hall–Kier alpha value is -1.50. The first kappa shape index (κ1) is 18.3. The smallest absolute Gasteiger partial charge is 0.222 e. The molecule has 6 heteroatoms. The molecular weight excluding hydrogens is 323 g/mol. The van der Waals surface area contributed by atoms with Gasteiger partial charge in [-0.15, -0.1) is 0 Å². The normalized spacial score (nSPS) is 27.4. The molecule has 1 aromatic rings. The summed E-state index contributed by atoms with van der Waals surface area (Å²) in [5.74, 6) is -0.284. The zero-order valence-electron chi connectivity index (χ0n) is 14.7. The predicted molar refractivity (Wildman–Crippen MR) is 92.7 cm³/mol. The third-order valence-corrected chi connectivity index (χ3v) is 5.47. The molecule has 0 radical (unpaired) electrons. The first-order chi connectivity index (χ1) is 12.1. The molecule has 0 aromatic heterocycles. The summed E-state index contributed by atoms with van der Waals surface area (Å²) in [5, 5.41) is 10.7. The van der Waals surface area contributed by atoms with E-state index >= 15 is 0 Å². The number of benzene rings is 1. The second-order valence-electron chi connectivity index (χ2n) is 6.99. The molecule has 1 aliphatic carbocycles. The molecule has 1 aliphatic heterocycles. The van der Waals surface area contributed by atoms with Gasteiger partial charge in [0.05, 0.1) is 25.4 Å². The second-order valence-corrected chi connectivity index (χ2v) is 6.99. The summed E-state index contributed by atoms with van der Waals surface area (Å²) in [5.41, 5.74) is 0.819. The van der Waals surface area contributed by atoms with Gasteiger partial charge in [0.1, 0.15) is 5.82 Å². The summed E-state index contributed by atoms with van der Waals surface area (Å²) < 4.78 is 18.6. The number of halogens is 1. The van der Waals surface area contributed by atoms with Gasteiger partial charge in [-0.2, -0.15) is 0 Å². The van der Waals surface area contributed by atoms with Crippen LogP contribution in [0, 0.1) is 5.82 Å². The van der Waals surface area contributed by atoms with E-state index in [1.165, 1.54) is 12.1 Å². The molecular formula is C19H27FN2O3. The molecule has 2 fully saturated rings. The molecule has 1 N–H and O–H groups in total. The Morgan fingerprint density at radius 1 is 1.36 bits per heavy atom. The molecule has 0 spiro atoms. The van der Waals surface area contributed by atoms with Gasteiger partial charge in [0.15, 0.2) is 0 Å². The van der Waals surface area contributed by atoms with Gasteiger partial charge in [0.25, 0.3) is 0 Å². The Kier molecular flexibility index (Phi) is 6.04. The van der Waals surface area contributed by atoms with Crippen LogP contribution in [-0.4, -0.2) is 72.4 Å². The van der Waals surface area contributed by atoms with Crippen LogP contribution in [0.25, 0.3) is 0 Å². The van der Waals surface area contributed by atoms with Crippen molar-refractivity contribution in [3.8, 4) is 0 Å². The lowest BCUT2D eigenvalue weighted by Crippen LogP contribution is -2.51. The lowest BCUT2D eigenvalue weighted by molar-refractivity contribution is -0.134. The number of aliphatic hydroxyl groups excluding tert-OH is 1. The van der Waals surface area contributed by atoms with Gasteiger partial charge in [-0.05, 0) is 37.0 Å². The van der Waals surface area contributed by atoms with E-state index < -0.39 is 6.10 Å². The molecule has 3 rings (SSSR count). The van der Waals surface area contributed by atoms with E-state index in [9.17, 15) is 14.3 Å². The Morgan fingerprint density at radius 2 is 2.12 bits per heavy atom. The summed E-state index contributed by atoms with van der Waals surface area (Å²) in [6, 6.07) is 6.31. The van der Waals surface area contributed by atoms with E-state index in [2.05, 4.69) is 4.90 Å². The molecule has 2 aliphatic rings. The number of carbonyl (C=O) groups excluding carboxylic acids is 1. The predicted octanol–water partition coefficient (Wildman–Crippen LogP) is 1.44. The fourth-order valence-corrected chi connectivity index (χ4v) is 3.97. The van der Waals surface area contributed by atoms with Crippen LogP contribution >= 0.6 is 0 Å². The van der Waals surface area contributed by atoms with Crippen LogP contribution in [-0.2, 0) is 16.0 Å². The van der Waals surface area contributed by atoms with Crippen LogP contribution in [0.5, 0.6) is 0 Å². The van der Waals surface area contributed by atoms with Crippen molar-refractivity contribution >= 4 is 5.91 Å². The number of ether oxygens (including phenoxy) is 1. The summed E-state index contributed by atoms with van der Waals surface area (Å²) >= 11 is 0. The van der Waals surface area contributed by atoms with E-state index in [0.717, 1.165) is 31.5 Å². The first-order valence-electron chi connectivity index (χ1n) is 9.06. The minimum atomic E-state index is -0.527. The Morgan fingerprint density at radius 3 is 2.84 bits per heavy atom. The van der Waals surface area contributed by atoms with Crippen molar-refractivity contribution < 1.29 is 19.0 Å². The molecule has 5 nitrogen and oxygen atoms in total. The largest absolute Gasteiger partial charge is 0.389 e. The lowest BCUT2D eigenvalue weighted by Gasteiger charge is -2.36. The van der Waals surface area contributed by atoms with Gasteiger partial charge < -0.3 is 14.7 Å². The van der Waals surface area contributed by atoms with Crippen LogP contribution in [0.4, 0.5) is 4.39 Å². The van der Waals surface area contributed by atoms with Crippen LogP contribution in [0.1, 0.15) is 24.8 Å². The SMILES string of the molecule is CN(C(=O)CCc1cccc(F)c1)[C@@H]1CC[C@@H](N2CCOCC2)[C@@H]1O. The standard InChI is InChI=1S/C19H27FN2O3/c1-21(18(23)8-5-14-3-2-4-15(20)13-14)16-6-7-17(19(16)24)22-9-11-25-12-10-22/h2-4,13,16-17,19,24H,5-12H2,1H3/t16-,17-,19-/m1/s1. The van der Waals surface area contributed by atoms with Gasteiger partial charge >= 0.3 is 0 Å². The quantitative estimate of drug-likeness (QED) is 0.873. The Balaban J connectivity index is 1.53. The number of rotatable bonds is 5. The summed E-state index contributed by atoms with van der Waals surface area (Å²) in [6.45, 7) is 3.09. The maximum absolute atomic E-state index is 13.2. The maximum atomic E-state index is 13.2. The van der Waals surface area contributed by atoms with Crippen LogP contribution in [0.3, 0.4) is 0 Å². The molecule has 1 saturated carbocycles. The van der Waals surface area contributed by atoms with Gasteiger partial charge in [-0.3, -0.25) is 9.69 Å². The van der Waals surface area contributed by atoms with Crippen LogP contribution in [0.2, 0.25) is 0 Å². The van der Waals surface area contributed by atoms with Gasteiger partial charge in [0, 0.05) is 32.6 Å². The van der Waals surface area contributed by atoms with Gasteiger partial charge in [0.2, 0.25) is 5.91 Å². The Bertz CT molecular complexity index is 592. The van der Waals surface area contributed by atoms with Crippen molar-refractivity contribution in [2.75, 3.05) is 33.4 Å². The highest BCUT2D eigenvalue weighted by Gasteiger charge is 2.41. The summed E-state index contributed by atoms with van der Waals surface area (Å²) in [7, 11) is 1.77. The number of morpholine rings is 1. The number of amides is 1. The van der Waals surface area contributed by atoms with Crippen molar-refractivity contribution in [1.82, 2.24) is 9.80 Å². The average molecular weight is 350 g/mol. The zero-order valence-corrected chi connectivity index (χ0v) is 14.7. The molecule has 0 bridgehead atoms. The summed E-state index contributed by atoms with van der Waals surface area (Å²) in [6.07, 6.45) is 2.02. The highest BCUT2D eigenvalue weighted by Crippen LogP contribution is 2.29. The number of aliphatic hydroxyl groups is 1. The first-order valence-corrected chi connectivity index (χ1v) is 9.06. The van der Waals surface area contributed by atoms with Crippen molar-refractivity contribution in [3.63, 3.8) is 0 Å². The number of hydrogen-bond donors (Lipinski definition) is 1. The van der Waals surface area contributed by atoms with E-state index in [-0.39, 0.29) is 23.8 Å². The second kappa shape index (κ2) is 8.25. The molecule has 0 unspecified atom stereocenters. The highest BCUT2D eigenvalue weighted by atomic mass is 19.1. The van der Waals surface area contributed by atoms with Crippen LogP contribution in [0.15, 0.2) is 24.3 Å². The zero-order chi connectivity index (χ0) is 17.8. The third kappa shape index (κ3) is 4.37. The number of aryl methyl sites for hydroxylation is 1. The molecule has 3 atom stereocenters. The number of carbonyl (C=O) groups is 1. The van der Waals surface area contributed by atoms with Crippen molar-refractivity contribution in [1.29, 1.82) is 0 Å². The van der Waals surface area contributed by atoms with E-state index in [1.54, 1.807) is 18.0 Å². The Labute approximate surface area is 148 Å². The van der Waals surface area contributed by atoms with E-state index in [0.29, 0.717) is 26.1 Å². The fraction of sp³-hybridized carbons (Fsp3) is 0.632. The van der Waals surface area contributed by atoms with Crippen LogP contribution < -0.4 is 0 Å². The van der Waals surface area contributed by atoms with Crippen molar-refractivity contribution in [2.24, 2.45) is 0 Å². The molecule has 1 aromatic carbocycles. The average Bonchev–Trinajstić information content (AvgIpc) is 3.01. The van der Waals surface area contributed by atoms with Crippen molar-refractivity contribution in [3.05, 3.63) is 35.6 Å². The summed E-state index contributed by atoms with van der Waals surface area (Å²) in [4.78, 5) is 16.5. The van der Waals surface area contributed by atoms with E-state index in [4.69, 9.17) is 4.74 Å². The number of likely N-dealkylation sites (N-methyl/N-ethyl adjacent to an activating group) is 1. The highest BCUT2D eigenvalue weighted by molar-refractivity contribution is 5.76. The molecule has 1 heterocycles. The molecule has 138 valence electrons. The van der Waals surface area contributed by atoms with Gasteiger partial charge in [-0.1, -0.05) is 12.1 Å². The maximum Gasteiger partial charge on any atom is 0.222 e. The molecule has 25 heavy (non-hydrogen) atoms. The van der Waals surface area contributed by atoms with Crippen molar-refractivity contribution in [2.45, 2.75) is 43.9 Å². The van der Waals surface area contributed by atoms with E-state index in [1.807, 2.05) is 6.07 Å². The number of hydrogen-bond acceptors (Lipinski definition) is 4. The lowest BCUT2D eigenvalue weighted by atomic mass is 10.1. The minimum Gasteiger partial charge on any atom is -0.389 e. The van der Waals surface area contributed by atoms with Gasteiger partial charge in [-0.25, -0.2) is 4.39 Å².